The normalized spacial score (nSPS) is 26.2. The van der Waals surface area contributed by atoms with Crippen LogP contribution in [0.1, 0.15) is 0 Å². The number of nitrogens with zero attached hydrogens (tertiary/aromatic N) is 1. The van der Waals surface area contributed by atoms with Gasteiger partial charge in [-0.3, -0.25) is 0 Å². The Hall–Kier alpha value is -0.630. The van der Waals surface area contributed by atoms with Crippen molar-refractivity contribution in [2.24, 2.45) is 5.73 Å². The average molecular weight is 145 g/mol. The third-order valence-corrected chi connectivity index (χ3v) is 1.80. The van der Waals surface area contributed by atoms with Gasteiger partial charge in [0.25, 0.3) is 0 Å². The predicted molar refractivity (Wildman–Crippen MR) is 38.8 cm³/mol. The van der Waals surface area contributed by atoms with Crippen LogP contribution in [0.2, 0.25) is 0 Å². The average Bonchev–Trinajstić information content (AvgIpc) is 1.83. The maximum atomic E-state index is 5.80. The zero-order valence-corrected chi connectivity index (χ0v) is 5.97. The molecule has 0 amide bonds. The molecule has 0 aliphatic carbocycles. The lowest BCUT2D eigenvalue weighted by Gasteiger charge is -2.23. The van der Waals surface area contributed by atoms with Gasteiger partial charge in [-0.2, -0.15) is 0 Å². The van der Waals surface area contributed by atoms with Crippen molar-refractivity contribution < 1.29 is 0 Å². The number of nitrogens with two attached hydrogens (primary N) is 1. The van der Waals surface area contributed by atoms with E-state index in [2.05, 4.69) is 0 Å². The van der Waals surface area contributed by atoms with Crippen molar-refractivity contribution in [3.8, 4) is 0 Å². The molecule has 1 aliphatic heterocycles. The third-order valence-electron chi connectivity index (χ3n) is 1.24. The number of alkyl halides is 1. The Morgan fingerprint density at radius 1 is 1.78 bits per heavy atom. The van der Waals surface area contributed by atoms with Crippen LogP contribution in [0.4, 0.5) is 0 Å². The van der Waals surface area contributed by atoms with Gasteiger partial charge in [0.05, 0.1) is 0 Å². The van der Waals surface area contributed by atoms with Gasteiger partial charge in [0.15, 0.2) is 0 Å². The van der Waals surface area contributed by atoms with E-state index in [1.165, 1.54) is 0 Å². The first-order valence-corrected chi connectivity index (χ1v) is 3.15. The zero-order chi connectivity index (χ0) is 6.85. The number of halogens is 1. The highest BCUT2D eigenvalue weighted by atomic mass is 35.5. The monoisotopic (exact) mass is 144 g/mol. The van der Waals surface area contributed by atoms with Crippen molar-refractivity contribution in [2.75, 3.05) is 7.05 Å². The maximum absolute atomic E-state index is 5.80. The van der Waals surface area contributed by atoms with Gasteiger partial charge in [-0.15, -0.1) is 0 Å². The lowest BCUT2D eigenvalue weighted by molar-refractivity contribution is 0.449. The molecule has 1 unspecified atom stereocenters. The lowest BCUT2D eigenvalue weighted by atomic mass is 10.3. The summed E-state index contributed by atoms with van der Waals surface area (Å²) in [5.41, 5.74) is 6.03. The second-order valence-electron chi connectivity index (χ2n) is 2.01. The van der Waals surface area contributed by atoms with Crippen molar-refractivity contribution >= 4 is 11.6 Å². The van der Waals surface area contributed by atoms with Gasteiger partial charge in [0.1, 0.15) is 5.50 Å². The van der Waals surface area contributed by atoms with Crippen molar-refractivity contribution in [1.82, 2.24) is 4.90 Å². The topological polar surface area (TPSA) is 29.3 Å². The number of hydrogen-bond donors (Lipinski definition) is 1. The fraction of sp³-hybridized carbons (Fsp3) is 0.333. The van der Waals surface area contributed by atoms with Crippen LogP contribution < -0.4 is 5.73 Å². The van der Waals surface area contributed by atoms with Gasteiger partial charge in [-0.1, -0.05) is 11.6 Å². The molecule has 0 fully saturated rings. The van der Waals surface area contributed by atoms with Crippen LogP contribution in [0.3, 0.4) is 0 Å². The Balaban J connectivity index is 2.73. The highest BCUT2D eigenvalue weighted by Crippen LogP contribution is 2.13. The van der Waals surface area contributed by atoms with Gasteiger partial charge in [0.2, 0.25) is 0 Å². The quantitative estimate of drug-likeness (QED) is 0.404. The molecule has 1 heterocycles. The molecule has 0 radical (unpaired) electrons. The van der Waals surface area contributed by atoms with E-state index in [9.17, 15) is 0 Å². The highest BCUT2D eigenvalue weighted by molar-refractivity contribution is 6.22. The van der Waals surface area contributed by atoms with E-state index in [1.54, 1.807) is 6.08 Å². The summed E-state index contributed by atoms with van der Waals surface area (Å²) in [6.07, 6.45) is 5.56. The van der Waals surface area contributed by atoms with Crippen LogP contribution >= 0.6 is 11.6 Å². The molecule has 2 N–H and O–H groups in total. The van der Waals surface area contributed by atoms with Gasteiger partial charge >= 0.3 is 0 Å². The van der Waals surface area contributed by atoms with Crippen molar-refractivity contribution in [3.63, 3.8) is 0 Å². The minimum Gasteiger partial charge on any atom is -0.399 e. The molecule has 0 saturated carbocycles. The molecular formula is C6H9ClN2. The van der Waals surface area contributed by atoms with E-state index in [0.717, 1.165) is 0 Å². The fourth-order valence-corrected chi connectivity index (χ4v) is 0.818. The van der Waals surface area contributed by atoms with Crippen LogP contribution in [0.5, 0.6) is 0 Å². The molecule has 0 spiro atoms. The second kappa shape index (κ2) is 2.31. The first kappa shape index (κ1) is 6.49. The molecule has 0 aromatic heterocycles. The summed E-state index contributed by atoms with van der Waals surface area (Å²) in [6.45, 7) is 0. The number of likely N-dealkylation sites (N-methyl/N-ethyl adjacent to an activating group) is 1. The minimum atomic E-state index is -0.171. The Bertz CT molecular complexity index is 162. The molecule has 9 heavy (non-hydrogen) atoms. The lowest BCUT2D eigenvalue weighted by Crippen LogP contribution is -2.29. The molecule has 0 aromatic rings. The van der Waals surface area contributed by atoms with E-state index in [-0.39, 0.29) is 5.50 Å². The summed E-state index contributed by atoms with van der Waals surface area (Å²) >= 11 is 5.80. The van der Waals surface area contributed by atoms with Gasteiger partial charge < -0.3 is 10.6 Å². The Morgan fingerprint density at radius 2 is 2.44 bits per heavy atom. The SMILES string of the molecule is CN1C=CC=C(N)C1Cl. The molecule has 1 rings (SSSR count). The maximum Gasteiger partial charge on any atom is 0.143 e. The van der Waals surface area contributed by atoms with Crippen LogP contribution in [0.25, 0.3) is 0 Å². The Morgan fingerprint density at radius 3 is 2.89 bits per heavy atom. The molecule has 1 atom stereocenters. The van der Waals surface area contributed by atoms with Crippen LogP contribution in [0, 0.1) is 0 Å². The van der Waals surface area contributed by atoms with Gasteiger partial charge in [-0.05, 0) is 12.2 Å². The third kappa shape index (κ3) is 1.19. The summed E-state index contributed by atoms with van der Waals surface area (Å²) in [6, 6.07) is 0. The summed E-state index contributed by atoms with van der Waals surface area (Å²) < 4.78 is 0. The van der Waals surface area contributed by atoms with Crippen LogP contribution in [-0.2, 0) is 0 Å². The molecule has 0 saturated heterocycles. The Labute approximate surface area is 59.6 Å². The zero-order valence-electron chi connectivity index (χ0n) is 5.21. The van der Waals surface area contributed by atoms with Crippen molar-refractivity contribution in [1.29, 1.82) is 0 Å². The van der Waals surface area contributed by atoms with Crippen LogP contribution in [-0.4, -0.2) is 17.4 Å². The second-order valence-corrected chi connectivity index (χ2v) is 2.42. The Kier molecular flexibility index (Phi) is 1.67. The molecular weight excluding hydrogens is 136 g/mol. The van der Waals surface area contributed by atoms with Gasteiger partial charge in [-0.25, -0.2) is 0 Å². The van der Waals surface area contributed by atoms with E-state index in [1.807, 2.05) is 24.2 Å². The fourth-order valence-electron chi connectivity index (χ4n) is 0.680. The molecule has 0 aromatic carbocycles. The number of rotatable bonds is 0. The predicted octanol–water partition coefficient (Wildman–Crippen LogP) is 0.853. The van der Waals surface area contributed by atoms with Crippen molar-refractivity contribution in [3.05, 3.63) is 24.0 Å². The van der Waals surface area contributed by atoms with E-state index >= 15 is 0 Å². The minimum absolute atomic E-state index is 0.171. The summed E-state index contributed by atoms with van der Waals surface area (Å²) in [7, 11) is 1.88. The van der Waals surface area contributed by atoms with E-state index < -0.39 is 0 Å². The smallest absolute Gasteiger partial charge is 0.143 e. The number of allylic oxidation sites excluding steroid dienone is 2. The largest absolute Gasteiger partial charge is 0.399 e. The molecule has 0 bridgehead atoms. The van der Waals surface area contributed by atoms with Gasteiger partial charge in [0, 0.05) is 18.9 Å². The standard InChI is InChI=1S/C6H9ClN2/c1-9-4-2-3-5(8)6(9)7/h2-4,6H,8H2,1H3. The summed E-state index contributed by atoms with van der Waals surface area (Å²) in [5.74, 6) is 0. The van der Waals surface area contributed by atoms with E-state index in [4.69, 9.17) is 17.3 Å². The first-order valence-electron chi connectivity index (χ1n) is 2.71. The van der Waals surface area contributed by atoms with E-state index in [0.29, 0.717) is 5.70 Å². The van der Waals surface area contributed by atoms with Crippen LogP contribution in [0.15, 0.2) is 24.0 Å². The molecule has 50 valence electrons. The molecule has 1 aliphatic rings. The molecule has 2 nitrogen and oxygen atoms in total. The summed E-state index contributed by atoms with van der Waals surface area (Å²) in [5, 5.41) is 0. The molecule has 3 heteroatoms. The van der Waals surface area contributed by atoms with Crippen molar-refractivity contribution in [2.45, 2.75) is 5.50 Å². The first-order chi connectivity index (χ1) is 4.22. The highest BCUT2D eigenvalue weighted by Gasteiger charge is 2.11. The number of hydrogen-bond acceptors (Lipinski definition) is 2. The summed E-state index contributed by atoms with van der Waals surface area (Å²) in [4.78, 5) is 1.84.